The highest BCUT2D eigenvalue weighted by Crippen LogP contribution is 2.25. The third kappa shape index (κ3) is 2.16. The van der Waals surface area contributed by atoms with Crippen molar-refractivity contribution < 1.29 is 5.11 Å². The smallest absolute Gasteiger partial charge is 0.0834 e. The Hall–Kier alpha value is -1.32. The van der Waals surface area contributed by atoms with E-state index in [0.717, 1.165) is 17.8 Å². The van der Waals surface area contributed by atoms with Gasteiger partial charge < -0.3 is 10.1 Å². The van der Waals surface area contributed by atoms with Gasteiger partial charge in [-0.3, -0.25) is 4.90 Å². The molecule has 3 nitrogen and oxygen atoms in total. The van der Waals surface area contributed by atoms with E-state index >= 15 is 0 Å². The fraction of sp³-hybridized carbons (Fsp3) is 0.467. The SMILES string of the molecule is OCc1[nH]c2ccccc2c1CN1CCCCC1. The molecular weight excluding hydrogens is 224 g/mol. The third-order valence-electron chi connectivity index (χ3n) is 3.89. The quantitative estimate of drug-likeness (QED) is 0.871. The minimum absolute atomic E-state index is 0.0951. The Morgan fingerprint density at radius 1 is 1.11 bits per heavy atom. The van der Waals surface area contributed by atoms with Crippen LogP contribution in [0.3, 0.4) is 0 Å². The number of aliphatic hydroxyl groups is 1. The zero-order valence-corrected chi connectivity index (χ0v) is 10.7. The van der Waals surface area contributed by atoms with E-state index < -0.39 is 0 Å². The Kier molecular flexibility index (Phi) is 3.35. The lowest BCUT2D eigenvalue weighted by Gasteiger charge is -2.26. The average Bonchev–Trinajstić information content (AvgIpc) is 2.78. The molecule has 18 heavy (non-hydrogen) atoms. The first-order chi connectivity index (χ1) is 8.88. The third-order valence-corrected chi connectivity index (χ3v) is 3.89. The molecular formula is C15H20N2O. The number of H-pyrrole nitrogens is 1. The molecule has 1 aliphatic heterocycles. The Labute approximate surface area is 107 Å². The second-order valence-electron chi connectivity index (χ2n) is 5.12. The number of benzene rings is 1. The van der Waals surface area contributed by atoms with Crippen LogP contribution in [0.25, 0.3) is 10.9 Å². The molecule has 0 aliphatic carbocycles. The predicted molar refractivity (Wildman–Crippen MR) is 73.3 cm³/mol. The second kappa shape index (κ2) is 5.12. The predicted octanol–water partition coefficient (Wildman–Crippen LogP) is 2.65. The number of rotatable bonds is 3. The summed E-state index contributed by atoms with van der Waals surface area (Å²) < 4.78 is 0. The topological polar surface area (TPSA) is 39.3 Å². The van der Waals surface area contributed by atoms with Crippen LogP contribution in [0.4, 0.5) is 0 Å². The molecule has 2 N–H and O–H groups in total. The summed E-state index contributed by atoms with van der Waals surface area (Å²) in [5, 5.41) is 10.8. The van der Waals surface area contributed by atoms with E-state index in [1.165, 1.54) is 43.3 Å². The van der Waals surface area contributed by atoms with E-state index in [2.05, 4.69) is 28.1 Å². The first-order valence-electron chi connectivity index (χ1n) is 6.80. The summed E-state index contributed by atoms with van der Waals surface area (Å²) in [5.74, 6) is 0. The minimum atomic E-state index is 0.0951. The number of nitrogens with one attached hydrogen (secondary N) is 1. The molecule has 1 saturated heterocycles. The zero-order chi connectivity index (χ0) is 12.4. The number of aromatic amines is 1. The van der Waals surface area contributed by atoms with Crippen molar-refractivity contribution in [2.24, 2.45) is 0 Å². The Morgan fingerprint density at radius 3 is 2.67 bits per heavy atom. The van der Waals surface area contributed by atoms with Gasteiger partial charge in [-0.2, -0.15) is 0 Å². The maximum atomic E-state index is 9.50. The number of piperidine rings is 1. The molecule has 0 saturated carbocycles. The van der Waals surface area contributed by atoms with Crippen LogP contribution in [-0.4, -0.2) is 28.1 Å². The van der Waals surface area contributed by atoms with Gasteiger partial charge in [0.1, 0.15) is 0 Å². The highest BCUT2D eigenvalue weighted by Gasteiger charge is 2.16. The second-order valence-corrected chi connectivity index (χ2v) is 5.12. The van der Waals surface area contributed by atoms with Crippen LogP contribution >= 0.6 is 0 Å². The fourth-order valence-electron chi connectivity index (χ4n) is 2.91. The minimum Gasteiger partial charge on any atom is -0.390 e. The normalized spacial score (nSPS) is 17.4. The molecule has 2 aromatic rings. The lowest BCUT2D eigenvalue weighted by molar-refractivity contribution is 0.217. The monoisotopic (exact) mass is 244 g/mol. The standard InChI is InChI=1S/C15H20N2O/c18-11-15-13(10-17-8-4-1-5-9-17)12-6-2-3-7-14(12)16-15/h2-3,6-7,16,18H,1,4-5,8-11H2. The van der Waals surface area contributed by atoms with Crippen LogP contribution < -0.4 is 0 Å². The number of nitrogens with zero attached hydrogens (tertiary/aromatic N) is 1. The molecule has 0 spiro atoms. The highest BCUT2D eigenvalue weighted by atomic mass is 16.3. The van der Waals surface area contributed by atoms with E-state index in [1.807, 2.05) is 6.07 Å². The molecule has 96 valence electrons. The molecule has 1 fully saturated rings. The molecule has 0 radical (unpaired) electrons. The molecule has 1 aromatic heterocycles. The number of aliphatic hydroxyl groups excluding tert-OH is 1. The molecule has 3 rings (SSSR count). The van der Waals surface area contributed by atoms with Crippen molar-refractivity contribution in [3.8, 4) is 0 Å². The molecule has 0 unspecified atom stereocenters. The summed E-state index contributed by atoms with van der Waals surface area (Å²) in [7, 11) is 0. The van der Waals surface area contributed by atoms with Crippen LogP contribution in [0.1, 0.15) is 30.5 Å². The van der Waals surface area contributed by atoms with Crippen LogP contribution in [0.2, 0.25) is 0 Å². The lowest BCUT2D eigenvalue weighted by Crippen LogP contribution is -2.29. The van der Waals surface area contributed by atoms with Crippen molar-refractivity contribution in [1.29, 1.82) is 0 Å². The fourth-order valence-corrected chi connectivity index (χ4v) is 2.91. The van der Waals surface area contributed by atoms with Crippen molar-refractivity contribution in [1.82, 2.24) is 9.88 Å². The van der Waals surface area contributed by atoms with Crippen molar-refractivity contribution in [3.05, 3.63) is 35.5 Å². The Balaban J connectivity index is 1.93. The molecule has 0 amide bonds. The zero-order valence-electron chi connectivity index (χ0n) is 10.7. The van der Waals surface area contributed by atoms with E-state index in [-0.39, 0.29) is 6.61 Å². The molecule has 2 heterocycles. The lowest BCUT2D eigenvalue weighted by atomic mass is 10.1. The number of para-hydroxylation sites is 1. The van der Waals surface area contributed by atoms with Gasteiger partial charge in [-0.15, -0.1) is 0 Å². The summed E-state index contributed by atoms with van der Waals surface area (Å²) in [6.45, 7) is 3.42. The molecule has 1 aromatic carbocycles. The van der Waals surface area contributed by atoms with Crippen LogP contribution in [0.5, 0.6) is 0 Å². The summed E-state index contributed by atoms with van der Waals surface area (Å²) >= 11 is 0. The molecule has 0 bridgehead atoms. The number of hydrogen-bond acceptors (Lipinski definition) is 2. The number of fused-ring (bicyclic) bond motifs is 1. The van der Waals surface area contributed by atoms with Gasteiger partial charge in [0.25, 0.3) is 0 Å². The van der Waals surface area contributed by atoms with E-state index in [9.17, 15) is 5.11 Å². The first-order valence-corrected chi connectivity index (χ1v) is 6.80. The summed E-state index contributed by atoms with van der Waals surface area (Å²) in [6.07, 6.45) is 3.96. The summed E-state index contributed by atoms with van der Waals surface area (Å²) in [5.41, 5.74) is 3.38. The van der Waals surface area contributed by atoms with Crippen molar-refractivity contribution in [3.63, 3.8) is 0 Å². The number of aromatic nitrogens is 1. The van der Waals surface area contributed by atoms with Crippen LogP contribution in [0.15, 0.2) is 24.3 Å². The molecule has 0 atom stereocenters. The van der Waals surface area contributed by atoms with Crippen molar-refractivity contribution >= 4 is 10.9 Å². The van der Waals surface area contributed by atoms with Gasteiger partial charge in [0.05, 0.1) is 6.61 Å². The van der Waals surface area contributed by atoms with E-state index in [4.69, 9.17) is 0 Å². The van der Waals surface area contributed by atoms with Crippen LogP contribution in [0, 0.1) is 0 Å². The Bertz CT molecular complexity index is 526. The van der Waals surface area contributed by atoms with Gasteiger partial charge in [-0.1, -0.05) is 24.6 Å². The van der Waals surface area contributed by atoms with Gasteiger partial charge in [0, 0.05) is 23.1 Å². The molecule has 1 aliphatic rings. The maximum Gasteiger partial charge on any atom is 0.0834 e. The van der Waals surface area contributed by atoms with Crippen molar-refractivity contribution in [2.45, 2.75) is 32.4 Å². The summed E-state index contributed by atoms with van der Waals surface area (Å²) in [6, 6.07) is 8.32. The van der Waals surface area contributed by atoms with Gasteiger partial charge in [-0.25, -0.2) is 0 Å². The van der Waals surface area contributed by atoms with Gasteiger partial charge >= 0.3 is 0 Å². The highest BCUT2D eigenvalue weighted by molar-refractivity contribution is 5.84. The Morgan fingerprint density at radius 2 is 1.89 bits per heavy atom. The maximum absolute atomic E-state index is 9.50. The summed E-state index contributed by atoms with van der Waals surface area (Å²) in [4.78, 5) is 5.83. The molecule has 3 heteroatoms. The van der Waals surface area contributed by atoms with E-state index in [1.54, 1.807) is 0 Å². The van der Waals surface area contributed by atoms with Crippen LogP contribution in [-0.2, 0) is 13.2 Å². The van der Waals surface area contributed by atoms with Gasteiger partial charge in [0.15, 0.2) is 0 Å². The largest absolute Gasteiger partial charge is 0.390 e. The number of likely N-dealkylation sites (tertiary alicyclic amines) is 1. The van der Waals surface area contributed by atoms with Gasteiger partial charge in [-0.05, 0) is 37.6 Å². The van der Waals surface area contributed by atoms with E-state index in [0.29, 0.717) is 0 Å². The average molecular weight is 244 g/mol. The van der Waals surface area contributed by atoms with Crippen molar-refractivity contribution in [2.75, 3.05) is 13.1 Å². The number of hydrogen-bond donors (Lipinski definition) is 2. The first kappa shape index (κ1) is 11.8. The van der Waals surface area contributed by atoms with Gasteiger partial charge in [0.2, 0.25) is 0 Å².